The van der Waals surface area contributed by atoms with Gasteiger partial charge in [-0.1, -0.05) is 29.8 Å². The second-order valence-electron chi connectivity index (χ2n) is 5.08. The Morgan fingerprint density at radius 3 is 2.46 bits per heavy atom. The van der Waals surface area contributed by atoms with Crippen molar-refractivity contribution in [3.63, 3.8) is 0 Å². The van der Waals surface area contributed by atoms with Crippen molar-refractivity contribution in [2.45, 2.75) is 25.6 Å². The molecule has 2 rings (SSSR count). The summed E-state index contributed by atoms with van der Waals surface area (Å²) in [5, 5.41) is 10.7. The number of oxazole rings is 1. The first-order chi connectivity index (χ1) is 11.2. The van der Waals surface area contributed by atoms with Crippen LogP contribution >= 0.6 is 0 Å². The number of nitrogens with one attached hydrogen (secondary N) is 1. The number of hydrogen-bond acceptors (Lipinski definition) is 4. The summed E-state index contributed by atoms with van der Waals surface area (Å²) in [6.45, 7) is 1.85. The van der Waals surface area contributed by atoms with Gasteiger partial charge in [-0.2, -0.15) is 13.2 Å². The van der Waals surface area contributed by atoms with Gasteiger partial charge in [-0.15, -0.1) is 0 Å². The van der Waals surface area contributed by atoms with Crippen LogP contribution in [0.3, 0.4) is 0 Å². The molecule has 1 amide bonds. The number of nitrogens with zero attached hydrogens (tertiary/aromatic N) is 1. The van der Waals surface area contributed by atoms with Gasteiger partial charge in [0.2, 0.25) is 0 Å². The number of carbonyl (C=O) groups is 2. The number of amides is 1. The normalized spacial score (nSPS) is 12.7. The number of benzene rings is 1. The van der Waals surface area contributed by atoms with E-state index in [1.54, 1.807) is 24.3 Å². The highest BCUT2D eigenvalue weighted by Gasteiger charge is 2.37. The number of aromatic nitrogens is 1. The molecule has 0 aliphatic rings. The van der Waals surface area contributed by atoms with Gasteiger partial charge in [-0.05, 0) is 6.92 Å². The molecule has 2 aromatic rings. The molecular weight excluding hydrogens is 329 g/mol. The zero-order valence-electron chi connectivity index (χ0n) is 12.4. The summed E-state index contributed by atoms with van der Waals surface area (Å²) in [5.74, 6) is -2.80. The Bertz CT molecular complexity index is 738. The van der Waals surface area contributed by atoms with Crippen LogP contribution < -0.4 is 5.32 Å². The average molecular weight is 342 g/mol. The van der Waals surface area contributed by atoms with E-state index in [-0.39, 0.29) is 11.5 Å². The number of hydrogen-bond donors (Lipinski definition) is 2. The van der Waals surface area contributed by atoms with Crippen LogP contribution in [0.4, 0.5) is 13.2 Å². The zero-order chi connectivity index (χ0) is 17.9. The van der Waals surface area contributed by atoms with Crippen LogP contribution in [0.25, 0.3) is 11.3 Å². The minimum absolute atomic E-state index is 0.0450. The van der Waals surface area contributed by atoms with E-state index in [2.05, 4.69) is 4.98 Å². The van der Waals surface area contributed by atoms with Crippen molar-refractivity contribution >= 4 is 11.9 Å². The Balaban J connectivity index is 2.23. The number of aryl methyl sites for hydroxylation is 1. The van der Waals surface area contributed by atoms with Gasteiger partial charge in [0.05, 0.1) is 6.42 Å². The van der Waals surface area contributed by atoms with Crippen molar-refractivity contribution in [3.8, 4) is 11.3 Å². The molecule has 0 aliphatic heterocycles. The second-order valence-corrected chi connectivity index (χ2v) is 5.08. The first-order valence-corrected chi connectivity index (χ1v) is 6.78. The first kappa shape index (κ1) is 17.5. The van der Waals surface area contributed by atoms with E-state index in [1.165, 1.54) is 0 Å². The van der Waals surface area contributed by atoms with Gasteiger partial charge in [0, 0.05) is 5.56 Å². The average Bonchev–Trinajstić information content (AvgIpc) is 2.95. The first-order valence-electron chi connectivity index (χ1n) is 6.78. The molecule has 2 N–H and O–H groups in total. The Kier molecular flexibility index (Phi) is 4.91. The molecule has 128 valence electrons. The van der Waals surface area contributed by atoms with Crippen molar-refractivity contribution in [1.82, 2.24) is 10.3 Å². The largest absolute Gasteiger partial charge is 0.480 e. The zero-order valence-corrected chi connectivity index (χ0v) is 12.4. The predicted octanol–water partition coefficient (Wildman–Crippen LogP) is 2.79. The van der Waals surface area contributed by atoms with Crippen LogP contribution in [0.1, 0.15) is 22.5 Å². The van der Waals surface area contributed by atoms with E-state index < -0.39 is 30.5 Å². The van der Waals surface area contributed by atoms with Gasteiger partial charge in [-0.25, -0.2) is 9.78 Å². The number of aliphatic carboxylic acids is 1. The number of rotatable bonds is 5. The summed E-state index contributed by atoms with van der Waals surface area (Å²) in [6, 6.07) is 4.70. The lowest BCUT2D eigenvalue weighted by Crippen LogP contribution is -2.43. The molecule has 1 aromatic heterocycles. The van der Waals surface area contributed by atoms with Crippen LogP contribution in [0.15, 0.2) is 35.1 Å². The van der Waals surface area contributed by atoms with Crippen molar-refractivity contribution in [2.24, 2.45) is 0 Å². The van der Waals surface area contributed by atoms with Gasteiger partial charge in [0.25, 0.3) is 5.91 Å². The molecule has 1 unspecified atom stereocenters. The molecule has 6 nitrogen and oxygen atoms in total. The fraction of sp³-hybridized carbons (Fsp3) is 0.267. The van der Waals surface area contributed by atoms with E-state index >= 15 is 0 Å². The SMILES string of the molecule is Cc1ccc(-c2ocnc2C(=O)NC(CC(F)(F)F)C(=O)O)cc1. The molecule has 0 saturated carbocycles. The molecule has 0 aliphatic carbocycles. The minimum atomic E-state index is -4.74. The summed E-state index contributed by atoms with van der Waals surface area (Å²) in [6.07, 6.45) is -5.46. The van der Waals surface area contributed by atoms with E-state index in [9.17, 15) is 22.8 Å². The van der Waals surface area contributed by atoms with Crippen molar-refractivity contribution in [1.29, 1.82) is 0 Å². The predicted molar refractivity (Wildman–Crippen MR) is 76.2 cm³/mol. The van der Waals surface area contributed by atoms with E-state index in [1.807, 2.05) is 12.2 Å². The van der Waals surface area contributed by atoms with Crippen LogP contribution in [0, 0.1) is 6.92 Å². The van der Waals surface area contributed by atoms with Crippen LogP contribution in [0.2, 0.25) is 0 Å². The lowest BCUT2D eigenvalue weighted by molar-refractivity contribution is -0.157. The molecule has 0 spiro atoms. The summed E-state index contributed by atoms with van der Waals surface area (Å²) in [7, 11) is 0. The number of carboxylic acids is 1. The van der Waals surface area contributed by atoms with E-state index in [0.29, 0.717) is 5.56 Å². The molecule has 0 radical (unpaired) electrons. The smallest absolute Gasteiger partial charge is 0.391 e. The minimum Gasteiger partial charge on any atom is -0.480 e. The molecule has 1 atom stereocenters. The van der Waals surface area contributed by atoms with Gasteiger partial charge in [-0.3, -0.25) is 4.79 Å². The number of carboxylic acid groups (broad SMARTS) is 1. The van der Waals surface area contributed by atoms with Crippen LogP contribution in [-0.2, 0) is 4.79 Å². The molecule has 1 heterocycles. The van der Waals surface area contributed by atoms with Gasteiger partial charge in [0.1, 0.15) is 6.04 Å². The fourth-order valence-electron chi connectivity index (χ4n) is 1.98. The number of carbonyl (C=O) groups excluding carboxylic acids is 1. The number of alkyl halides is 3. The Morgan fingerprint density at radius 2 is 1.92 bits per heavy atom. The third-order valence-electron chi connectivity index (χ3n) is 3.14. The standard InChI is InChI=1S/C15H13F3N2O4/c1-8-2-4-9(5-3-8)12-11(19-7-24-12)13(21)20-10(14(22)23)6-15(16,17)18/h2-5,7,10H,6H2,1H3,(H,20,21)(H,22,23). The summed E-state index contributed by atoms with van der Waals surface area (Å²) in [5.41, 5.74) is 1.17. The van der Waals surface area contributed by atoms with Crippen molar-refractivity contribution in [2.75, 3.05) is 0 Å². The van der Waals surface area contributed by atoms with Crippen molar-refractivity contribution in [3.05, 3.63) is 41.9 Å². The topological polar surface area (TPSA) is 92.4 Å². The monoisotopic (exact) mass is 342 g/mol. The quantitative estimate of drug-likeness (QED) is 0.872. The highest BCUT2D eigenvalue weighted by Crippen LogP contribution is 2.25. The van der Waals surface area contributed by atoms with Crippen LogP contribution in [-0.4, -0.2) is 34.2 Å². The molecule has 0 fully saturated rings. The molecule has 9 heteroatoms. The van der Waals surface area contributed by atoms with Gasteiger partial charge >= 0.3 is 12.1 Å². The fourth-order valence-corrected chi connectivity index (χ4v) is 1.98. The molecule has 0 saturated heterocycles. The maximum absolute atomic E-state index is 12.4. The highest BCUT2D eigenvalue weighted by atomic mass is 19.4. The molecule has 24 heavy (non-hydrogen) atoms. The lowest BCUT2D eigenvalue weighted by Gasteiger charge is -2.15. The third-order valence-corrected chi connectivity index (χ3v) is 3.14. The van der Waals surface area contributed by atoms with Crippen LogP contribution in [0.5, 0.6) is 0 Å². The van der Waals surface area contributed by atoms with Gasteiger partial charge < -0.3 is 14.8 Å². The highest BCUT2D eigenvalue weighted by molar-refractivity contribution is 5.99. The summed E-state index contributed by atoms with van der Waals surface area (Å²) >= 11 is 0. The van der Waals surface area contributed by atoms with E-state index in [4.69, 9.17) is 9.52 Å². The molecular formula is C15H13F3N2O4. The third kappa shape index (κ3) is 4.34. The maximum atomic E-state index is 12.4. The molecule has 0 bridgehead atoms. The second kappa shape index (κ2) is 6.73. The maximum Gasteiger partial charge on any atom is 0.391 e. The number of halogens is 3. The van der Waals surface area contributed by atoms with E-state index in [0.717, 1.165) is 12.0 Å². The van der Waals surface area contributed by atoms with Crippen molar-refractivity contribution < 1.29 is 32.3 Å². The van der Waals surface area contributed by atoms with Gasteiger partial charge in [0.15, 0.2) is 17.8 Å². The Morgan fingerprint density at radius 1 is 1.29 bits per heavy atom. The Labute approximate surface area is 134 Å². The Hall–Kier alpha value is -2.84. The summed E-state index contributed by atoms with van der Waals surface area (Å²) in [4.78, 5) is 26.7. The lowest BCUT2D eigenvalue weighted by atomic mass is 10.1. The summed E-state index contributed by atoms with van der Waals surface area (Å²) < 4.78 is 42.3. The molecule has 1 aromatic carbocycles.